The summed E-state index contributed by atoms with van der Waals surface area (Å²) in [4.78, 5) is 27.0. The van der Waals surface area contributed by atoms with E-state index in [-0.39, 0.29) is 12.5 Å². The fraction of sp³-hybridized carbons (Fsp3) is 0.357. The number of hydrogen-bond donors (Lipinski definition) is 1. The summed E-state index contributed by atoms with van der Waals surface area (Å²) in [5.41, 5.74) is 1.21. The molecule has 2 aromatic rings. The summed E-state index contributed by atoms with van der Waals surface area (Å²) in [5.74, 6) is 0.336. The molecule has 2 heterocycles. The highest BCUT2D eigenvalue weighted by atomic mass is 16.2. The van der Waals surface area contributed by atoms with E-state index in [1.165, 1.54) is 0 Å². The van der Waals surface area contributed by atoms with Crippen molar-refractivity contribution in [2.45, 2.75) is 20.4 Å². The number of rotatable bonds is 5. The number of aldehydes is 1. The highest BCUT2D eigenvalue weighted by Gasteiger charge is 2.11. The molecule has 0 bridgehead atoms. The van der Waals surface area contributed by atoms with E-state index in [1.807, 2.05) is 19.9 Å². The summed E-state index contributed by atoms with van der Waals surface area (Å²) in [6.45, 7) is 4.90. The van der Waals surface area contributed by atoms with E-state index in [0.29, 0.717) is 23.7 Å². The van der Waals surface area contributed by atoms with Crippen molar-refractivity contribution < 1.29 is 9.59 Å². The minimum absolute atomic E-state index is 0.0753. The SMILES string of the molecule is CC(C)CNC(=O)Cn1cc(C=O)c2cccnc21. The molecule has 0 saturated carbocycles. The molecule has 0 unspecified atom stereocenters. The molecule has 0 radical (unpaired) electrons. The van der Waals surface area contributed by atoms with Crippen LogP contribution in [0.25, 0.3) is 11.0 Å². The van der Waals surface area contributed by atoms with Gasteiger partial charge in [-0.15, -0.1) is 0 Å². The topological polar surface area (TPSA) is 64.0 Å². The zero-order valence-corrected chi connectivity index (χ0v) is 11.1. The van der Waals surface area contributed by atoms with Crippen LogP contribution in [0.1, 0.15) is 24.2 Å². The maximum absolute atomic E-state index is 11.8. The molecule has 0 atom stereocenters. The first kappa shape index (κ1) is 13.3. The van der Waals surface area contributed by atoms with Gasteiger partial charge < -0.3 is 9.88 Å². The van der Waals surface area contributed by atoms with Crippen molar-refractivity contribution in [2.75, 3.05) is 6.54 Å². The molecule has 0 aliphatic carbocycles. The summed E-state index contributed by atoms with van der Waals surface area (Å²) in [6, 6.07) is 3.60. The number of carbonyl (C=O) groups excluding carboxylic acids is 2. The Hall–Kier alpha value is -2.17. The Bertz CT molecular complexity index is 602. The third kappa shape index (κ3) is 2.99. The lowest BCUT2D eigenvalue weighted by atomic mass is 10.2. The molecule has 5 nitrogen and oxygen atoms in total. The van der Waals surface area contributed by atoms with Gasteiger partial charge in [0.15, 0.2) is 6.29 Å². The van der Waals surface area contributed by atoms with Crippen molar-refractivity contribution in [1.29, 1.82) is 0 Å². The Morgan fingerprint density at radius 1 is 1.53 bits per heavy atom. The summed E-state index contributed by atoms with van der Waals surface area (Å²) >= 11 is 0. The molecular weight excluding hydrogens is 242 g/mol. The molecule has 0 saturated heterocycles. The Labute approximate surface area is 111 Å². The first-order valence-electron chi connectivity index (χ1n) is 6.27. The number of nitrogens with zero attached hydrogens (tertiary/aromatic N) is 2. The molecule has 0 aromatic carbocycles. The van der Waals surface area contributed by atoms with Gasteiger partial charge in [-0.25, -0.2) is 4.98 Å². The van der Waals surface area contributed by atoms with Gasteiger partial charge in [-0.05, 0) is 18.1 Å². The number of aromatic nitrogens is 2. The minimum Gasteiger partial charge on any atom is -0.354 e. The molecule has 0 aliphatic heterocycles. The fourth-order valence-electron chi connectivity index (χ4n) is 1.89. The standard InChI is InChI=1S/C14H17N3O2/c1-10(2)6-16-13(19)8-17-7-11(9-18)12-4-3-5-15-14(12)17/h3-5,7,9-10H,6,8H2,1-2H3,(H,16,19). The van der Waals surface area contributed by atoms with Crippen LogP contribution in [0.15, 0.2) is 24.5 Å². The van der Waals surface area contributed by atoms with E-state index in [1.54, 1.807) is 23.0 Å². The van der Waals surface area contributed by atoms with Gasteiger partial charge in [0.05, 0.1) is 0 Å². The maximum atomic E-state index is 11.8. The normalized spacial score (nSPS) is 10.9. The summed E-state index contributed by atoms with van der Waals surface area (Å²) in [7, 11) is 0. The summed E-state index contributed by atoms with van der Waals surface area (Å²) in [5, 5.41) is 3.62. The second-order valence-electron chi connectivity index (χ2n) is 4.90. The molecule has 0 fully saturated rings. The van der Waals surface area contributed by atoms with Gasteiger partial charge >= 0.3 is 0 Å². The van der Waals surface area contributed by atoms with E-state index in [4.69, 9.17) is 0 Å². The number of hydrogen-bond acceptors (Lipinski definition) is 3. The predicted molar refractivity (Wildman–Crippen MR) is 73.0 cm³/mol. The molecule has 0 spiro atoms. The van der Waals surface area contributed by atoms with Crippen LogP contribution < -0.4 is 5.32 Å². The lowest BCUT2D eigenvalue weighted by Crippen LogP contribution is -2.30. The van der Waals surface area contributed by atoms with Gasteiger partial charge in [0, 0.05) is 29.9 Å². The predicted octanol–water partition coefficient (Wildman–Crippen LogP) is 1.62. The number of fused-ring (bicyclic) bond motifs is 1. The molecule has 1 N–H and O–H groups in total. The monoisotopic (exact) mass is 259 g/mol. The van der Waals surface area contributed by atoms with Crippen LogP contribution >= 0.6 is 0 Å². The average molecular weight is 259 g/mol. The molecule has 0 aliphatic rings. The van der Waals surface area contributed by atoms with Crippen LogP contribution in [0.5, 0.6) is 0 Å². The van der Waals surface area contributed by atoms with Crippen molar-refractivity contribution in [2.24, 2.45) is 5.92 Å². The number of nitrogens with one attached hydrogen (secondary N) is 1. The fourth-order valence-corrected chi connectivity index (χ4v) is 1.89. The van der Waals surface area contributed by atoms with Crippen molar-refractivity contribution >= 4 is 23.2 Å². The third-order valence-electron chi connectivity index (χ3n) is 2.81. The lowest BCUT2D eigenvalue weighted by molar-refractivity contribution is -0.121. The first-order chi connectivity index (χ1) is 9.11. The van der Waals surface area contributed by atoms with Crippen LogP contribution in [-0.4, -0.2) is 28.3 Å². The Morgan fingerprint density at radius 2 is 2.32 bits per heavy atom. The molecular formula is C14H17N3O2. The highest BCUT2D eigenvalue weighted by molar-refractivity contribution is 5.96. The number of pyridine rings is 1. The van der Waals surface area contributed by atoms with Crippen LogP contribution in [0.3, 0.4) is 0 Å². The van der Waals surface area contributed by atoms with Gasteiger partial charge in [0.1, 0.15) is 12.2 Å². The van der Waals surface area contributed by atoms with E-state index >= 15 is 0 Å². The zero-order chi connectivity index (χ0) is 13.8. The quantitative estimate of drug-likeness (QED) is 0.830. The second kappa shape index (κ2) is 5.65. The van der Waals surface area contributed by atoms with Crippen LogP contribution in [0.2, 0.25) is 0 Å². The van der Waals surface area contributed by atoms with Crippen LogP contribution in [-0.2, 0) is 11.3 Å². The van der Waals surface area contributed by atoms with Gasteiger partial charge in [0.2, 0.25) is 5.91 Å². The summed E-state index contributed by atoms with van der Waals surface area (Å²) in [6.07, 6.45) is 4.10. The number of carbonyl (C=O) groups is 2. The molecule has 2 rings (SSSR count). The molecule has 100 valence electrons. The zero-order valence-electron chi connectivity index (χ0n) is 11.1. The Kier molecular flexibility index (Phi) is 3.94. The molecule has 19 heavy (non-hydrogen) atoms. The lowest BCUT2D eigenvalue weighted by Gasteiger charge is -2.08. The number of amides is 1. The molecule has 5 heteroatoms. The van der Waals surface area contributed by atoms with Crippen molar-refractivity contribution in [3.05, 3.63) is 30.1 Å². The van der Waals surface area contributed by atoms with Crippen LogP contribution in [0, 0.1) is 5.92 Å². The van der Waals surface area contributed by atoms with Gasteiger partial charge in [-0.1, -0.05) is 13.8 Å². The highest BCUT2D eigenvalue weighted by Crippen LogP contribution is 2.17. The Balaban J connectivity index is 2.21. The maximum Gasteiger partial charge on any atom is 0.240 e. The van der Waals surface area contributed by atoms with E-state index in [2.05, 4.69) is 10.3 Å². The largest absolute Gasteiger partial charge is 0.354 e. The van der Waals surface area contributed by atoms with E-state index < -0.39 is 0 Å². The van der Waals surface area contributed by atoms with Crippen molar-refractivity contribution in [3.63, 3.8) is 0 Å². The average Bonchev–Trinajstić information content (AvgIpc) is 2.75. The van der Waals surface area contributed by atoms with E-state index in [0.717, 1.165) is 11.7 Å². The molecule has 1 amide bonds. The Morgan fingerprint density at radius 3 is 3.00 bits per heavy atom. The first-order valence-corrected chi connectivity index (χ1v) is 6.27. The van der Waals surface area contributed by atoms with Gasteiger partial charge in [-0.3, -0.25) is 9.59 Å². The second-order valence-corrected chi connectivity index (χ2v) is 4.90. The van der Waals surface area contributed by atoms with Crippen molar-refractivity contribution in [3.8, 4) is 0 Å². The van der Waals surface area contributed by atoms with Crippen LogP contribution in [0.4, 0.5) is 0 Å². The minimum atomic E-state index is -0.0753. The van der Waals surface area contributed by atoms with Gasteiger partial charge in [0.25, 0.3) is 0 Å². The van der Waals surface area contributed by atoms with Gasteiger partial charge in [-0.2, -0.15) is 0 Å². The smallest absolute Gasteiger partial charge is 0.240 e. The summed E-state index contributed by atoms with van der Waals surface area (Å²) < 4.78 is 1.70. The third-order valence-corrected chi connectivity index (χ3v) is 2.81. The molecule has 2 aromatic heterocycles. The van der Waals surface area contributed by atoms with E-state index in [9.17, 15) is 9.59 Å². The van der Waals surface area contributed by atoms with Crippen molar-refractivity contribution in [1.82, 2.24) is 14.9 Å².